The number of methoxy groups -OCH3 is 1. The number of nitriles is 1. The highest BCUT2D eigenvalue weighted by Crippen LogP contribution is 2.21. The Bertz CT molecular complexity index is 957. The molecule has 8 nitrogen and oxygen atoms in total. The van der Waals surface area contributed by atoms with Crippen molar-refractivity contribution in [3.8, 4) is 11.8 Å². The second-order valence-corrected chi connectivity index (χ2v) is 5.41. The van der Waals surface area contributed by atoms with Crippen molar-refractivity contribution >= 4 is 29.6 Å². The molecular weight excluding hydrogens is 364 g/mol. The number of benzene rings is 2. The lowest BCUT2D eigenvalue weighted by atomic mass is 10.1. The second-order valence-electron chi connectivity index (χ2n) is 5.41. The van der Waals surface area contributed by atoms with Crippen LogP contribution in [0.1, 0.15) is 15.9 Å². The zero-order valence-electron chi connectivity index (χ0n) is 14.8. The average molecular weight is 380 g/mol. The summed E-state index contributed by atoms with van der Waals surface area (Å²) in [5.74, 6) is -2.09. The Kier molecular flexibility index (Phi) is 6.88. The van der Waals surface area contributed by atoms with Gasteiger partial charge in [-0.2, -0.15) is 5.26 Å². The molecule has 1 amide bonds. The molecule has 0 saturated carbocycles. The Morgan fingerprint density at radius 2 is 1.82 bits per heavy atom. The molecule has 0 bridgehead atoms. The summed E-state index contributed by atoms with van der Waals surface area (Å²) >= 11 is 0. The molecule has 8 heteroatoms. The van der Waals surface area contributed by atoms with Crippen LogP contribution < -0.4 is 10.1 Å². The Morgan fingerprint density at radius 1 is 1.14 bits per heavy atom. The summed E-state index contributed by atoms with van der Waals surface area (Å²) in [6.45, 7) is -0.550. The molecule has 0 saturated heterocycles. The lowest BCUT2D eigenvalue weighted by Gasteiger charge is -2.08. The van der Waals surface area contributed by atoms with Gasteiger partial charge in [0.05, 0.1) is 12.7 Å². The molecule has 0 atom stereocenters. The van der Waals surface area contributed by atoms with Crippen LogP contribution in [0.25, 0.3) is 6.08 Å². The van der Waals surface area contributed by atoms with Gasteiger partial charge in [0.25, 0.3) is 5.91 Å². The topological polar surface area (TPSA) is 126 Å². The lowest BCUT2D eigenvalue weighted by Crippen LogP contribution is -2.14. The van der Waals surface area contributed by atoms with Crippen LogP contribution >= 0.6 is 0 Å². The maximum absolute atomic E-state index is 12.4. The fourth-order valence-corrected chi connectivity index (χ4v) is 2.18. The number of carboxylic acids is 1. The van der Waals surface area contributed by atoms with E-state index in [2.05, 4.69) is 10.1 Å². The number of rotatable bonds is 7. The number of nitrogens with one attached hydrogen (secondary N) is 1. The van der Waals surface area contributed by atoms with Gasteiger partial charge in [0, 0.05) is 11.3 Å². The van der Waals surface area contributed by atoms with Crippen LogP contribution in [-0.2, 0) is 14.3 Å². The van der Waals surface area contributed by atoms with E-state index in [-0.39, 0.29) is 11.3 Å². The zero-order valence-corrected chi connectivity index (χ0v) is 14.8. The van der Waals surface area contributed by atoms with Crippen molar-refractivity contribution in [2.45, 2.75) is 0 Å². The summed E-state index contributed by atoms with van der Waals surface area (Å²) in [6.07, 6.45) is 1.30. The van der Waals surface area contributed by atoms with Gasteiger partial charge in [-0.25, -0.2) is 9.59 Å². The maximum atomic E-state index is 12.4. The number of carboxylic acid groups (broad SMARTS) is 1. The molecule has 0 fully saturated rings. The van der Waals surface area contributed by atoms with Crippen LogP contribution in [0.5, 0.6) is 5.75 Å². The molecule has 28 heavy (non-hydrogen) atoms. The van der Waals surface area contributed by atoms with Crippen molar-refractivity contribution in [3.63, 3.8) is 0 Å². The number of ether oxygens (including phenoxy) is 2. The van der Waals surface area contributed by atoms with E-state index in [1.807, 2.05) is 0 Å². The number of anilines is 1. The standard InChI is InChI=1S/C20H16N2O6/c1-27-20(26)13-6-8-16(9-7-13)22-19(25)15(11-21)10-14-4-2-3-5-17(14)28-12-18(23)24/h2-10H,12H2,1H3,(H,22,25)(H,23,24)/b15-10+. The molecule has 0 aliphatic rings. The smallest absolute Gasteiger partial charge is 0.341 e. The SMILES string of the molecule is COC(=O)c1ccc(NC(=O)/C(C#N)=C/c2ccccc2OCC(=O)O)cc1. The van der Waals surface area contributed by atoms with Crippen LogP contribution in [0, 0.1) is 11.3 Å². The quantitative estimate of drug-likeness (QED) is 0.429. The number of esters is 1. The van der Waals surface area contributed by atoms with Crippen molar-refractivity contribution in [3.05, 3.63) is 65.2 Å². The fraction of sp³-hybridized carbons (Fsp3) is 0.100. The molecular formula is C20H16N2O6. The summed E-state index contributed by atoms with van der Waals surface area (Å²) in [6, 6.07) is 14.2. The van der Waals surface area contributed by atoms with Crippen molar-refractivity contribution in [1.29, 1.82) is 5.26 Å². The van der Waals surface area contributed by atoms with Gasteiger partial charge in [-0.3, -0.25) is 4.79 Å². The van der Waals surface area contributed by atoms with Gasteiger partial charge < -0.3 is 19.9 Å². The monoisotopic (exact) mass is 380 g/mol. The fourth-order valence-electron chi connectivity index (χ4n) is 2.18. The zero-order chi connectivity index (χ0) is 20.5. The molecule has 0 spiro atoms. The van der Waals surface area contributed by atoms with Gasteiger partial charge in [0.2, 0.25) is 0 Å². The van der Waals surface area contributed by atoms with Gasteiger partial charge in [-0.1, -0.05) is 18.2 Å². The number of carbonyl (C=O) groups is 3. The Balaban J connectivity index is 2.19. The lowest BCUT2D eigenvalue weighted by molar-refractivity contribution is -0.139. The summed E-state index contributed by atoms with van der Waals surface area (Å²) < 4.78 is 9.76. The van der Waals surface area contributed by atoms with Crippen LogP contribution in [0.3, 0.4) is 0 Å². The molecule has 0 unspecified atom stereocenters. The first-order chi connectivity index (χ1) is 13.4. The van der Waals surface area contributed by atoms with E-state index in [1.54, 1.807) is 24.3 Å². The van der Waals surface area contributed by atoms with Crippen molar-refractivity contribution in [2.75, 3.05) is 19.0 Å². The number of aliphatic carboxylic acids is 1. The van der Waals surface area contributed by atoms with Gasteiger partial charge >= 0.3 is 11.9 Å². The predicted octanol–water partition coefficient (Wildman–Crippen LogP) is 2.48. The van der Waals surface area contributed by atoms with E-state index in [9.17, 15) is 19.6 Å². The number of para-hydroxylation sites is 1. The third kappa shape index (κ3) is 5.44. The van der Waals surface area contributed by atoms with Crippen molar-refractivity contribution in [1.82, 2.24) is 0 Å². The first-order valence-electron chi connectivity index (χ1n) is 7.99. The summed E-state index contributed by atoms with van der Waals surface area (Å²) in [5.41, 5.74) is 0.884. The second kappa shape index (κ2) is 9.54. The number of hydrogen-bond donors (Lipinski definition) is 2. The normalized spacial score (nSPS) is 10.5. The van der Waals surface area contributed by atoms with Crippen LogP contribution in [-0.4, -0.2) is 36.7 Å². The van der Waals surface area contributed by atoms with E-state index in [4.69, 9.17) is 9.84 Å². The Labute approximate surface area is 160 Å². The van der Waals surface area contributed by atoms with Crippen molar-refractivity contribution < 1.29 is 29.0 Å². The van der Waals surface area contributed by atoms with Gasteiger partial charge in [-0.05, 0) is 36.4 Å². The molecule has 2 rings (SSSR count). The largest absolute Gasteiger partial charge is 0.481 e. The molecule has 2 aromatic rings. The molecule has 0 heterocycles. The third-order valence-electron chi connectivity index (χ3n) is 3.50. The van der Waals surface area contributed by atoms with E-state index in [0.717, 1.165) is 0 Å². The number of hydrogen-bond acceptors (Lipinski definition) is 6. The minimum Gasteiger partial charge on any atom is -0.481 e. The highest BCUT2D eigenvalue weighted by Gasteiger charge is 2.12. The maximum Gasteiger partial charge on any atom is 0.341 e. The Hall–Kier alpha value is -4.12. The number of carbonyl (C=O) groups excluding carboxylic acids is 2. The Morgan fingerprint density at radius 3 is 2.43 bits per heavy atom. The summed E-state index contributed by atoms with van der Waals surface area (Å²) in [7, 11) is 1.26. The molecule has 0 radical (unpaired) electrons. The molecule has 0 aliphatic carbocycles. The molecule has 2 aromatic carbocycles. The van der Waals surface area contributed by atoms with E-state index < -0.39 is 24.5 Å². The summed E-state index contributed by atoms with van der Waals surface area (Å²) in [5, 5.41) is 20.6. The molecule has 2 N–H and O–H groups in total. The predicted molar refractivity (Wildman–Crippen MR) is 99.6 cm³/mol. The van der Waals surface area contributed by atoms with Crippen LogP contribution in [0.2, 0.25) is 0 Å². The number of amides is 1. The first-order valence-corrected chi connectivity index (χ1v) is 7.99. The van der Waals surface area contributed by atoms with Gasteiger partial charge in [0.1, 0.15) is 17.4 Å². The highest BCUT2D eigenvalue weighted by atomic mass is 16.5. The molecule has 142 valence electrons. The average Bonchev–Trinajstić information content (AvgIpc) is 2.70. The molecule has 0 aliphatic heterocycles. The third-order valence-corrected chi connectivity index (χ3v) is 3.50. The summed E-state index contributed by atoms with van der Waals surface area (Å²) in [4.78, 5) is 34.5. The minimum atomic E-state index is -1.15. The van der Waals surface area contributed by atoms with Crippen LogP contribution in [0.15, 0.2) is 54.1 Å². The highest BCUT2D eigenvalue weighted by molar-refractivity contribution is 6.10. The number of nitrogens with zero attached hydrogens (tertiary/aromatic N) is 1. The van der Waals surface area contributed by atoms with Crippen LogP contribution in [0.4, 0.5) is 5.69 Å². The van der Waals surface area contributed by atoms with Gasteiger partial charge in [0.15, 0.2) is 6.61 Å². The van der Waals surface area contributed by atoms with E-state index in [1.165, 1.54) is 43.5 Å². The van der Waals surface area contributed by atoms with Gasteiger partial charge in [-0.15, -0.1) is 0 Å². The first kappa shape index (κ1) is 20.2. The molecule has 0 aromatic heterocycles. The van der Waals surface area contributed by atoms with Crippen molar-refractivity contribution in [2.24, 2.45) is 0 Å². The van der Waals surface area contributed by atoms with E-state index >= 15 is 0 Å². The minimum absolute atomic E-state index is 0.205. The van der Waals surface area contributed by atoms with E-state index in [0.29, 0.717) is 16.8 Å².